The van der Waals surface area contributed by atoms with Gasteiger partial charge in [-0.25, -0.2) is 5.43 Å². The van der Waals surface area contributed by atoms with Crippen molar-refractivity contribution in [2.75, 3.05) is 13.2 Å². The predicted octanol–water partition coefficient (Wildman–Crippen LogP) is 2.67. The molecular weight excluding hydrogens is 320 g/mol. The highest BCUT2D eigenvalue weighted by Crippen LogP contribution is 2.27. The SMILES string of the molecule is CCOc1ccc(/C=N/NC(=O)C(O)c2ccccc2)cc1OCC. The molecule has 0 aliphatic rings. The lowest BCUT2D eigenvalue weighted by Gasteiger charge is -2.11. The minimum absolute atomic E-state index is 0.509. The highest BCUT2D eigenvalue weighted by Gasteiger charge is 2.16. The number of rotatable bonds is 8. The van der Waals surface area contributed by atoms with Crippen LogP contribution >= 0.6 is 0 Å². The summed E-state index contributed by atoms with van der Waals surface area (Å²) in [5.74, 6) is 0.674. The fraction of sp³-hybridized carbons (Fsp3) is 0.263. The summed E-state index contributed by atoms with van der Waals surface area (Å²) in [4.78, 5) is 11.9. The summed E-state index contributed by atoms with van der Waals surface area (Å²) in [6.45, 7) is 4.85. The summed E-state index contributed by atoms with van der Waals surface area (Å²) in [6, 6.07) is 14.0. The zero-order chi connectivity index (χ0) is 18.1. The van der Waals surface area contributed by atoms with Crippen LogP contribution < -0.4 is 14.9 Å². The number of amides is 1. The van der Waals surface area contributed by atoms with Gasteiger partial charge in [0, 0.05) is 0 Å². The van der Waals surface area contributed by atoms with Gasteiger partial charge in [0.2, 0.25) is 0 Å². The van der Waals surface area contributed by atoms with Gasteiger partial charge >= 0.3 is 0 Å². The quantitative estimate of drug-likeness (QED) is 0.571. The molecule has 2 aromatic carbocycles. The molecule has 1 atom stereocenters. The Morgan fingerprint density at radius 3 is 2.48 bits per heavy atom. The van der Waals surface area contributed by atoms with Crippen molar-refractivity contribution in [1.82, 2.24) is 5.43 Å². The van der Waals surface area contributed by atoms with E-state index in [2.05, 4.69) is 10.5 Å². The molecule has 0 aliphatic heterocycles. The molecule has 0 saturated carbocycles. The van der Waals surface area contributed by atoms with Gasteiger partial charge in [-0.1, -0.05) is 30.3 Å². The Bertz CT molecular complexity index is 717. The van der Waals surface area contributed by atoms with Crippen molar-refractivity contribution in [3.63, 3.8) is 0 Å². The number of aliphatic hydroxyl groups excluding tert-OH is 1. The number of hydrogen-bond donors (Lipinski definition) is 2. The number of nitrogens with zero attached hydrogens (tertiary/aromatic N) is 1. The molecule has 25 heavy (non-hydrogen) atoms. The number of nitrogens with one attached hydrogen (secondary N) is 1. The second-order valence-corrected chi connectivity index (χ2v) is 5.12. The minimum Gasteiger partial charge on any atom is -0.490 e. The van der Waals surface area contributed by atoms with E-state index in [0.29, 0.717) is 30.3 Å². The van der Waals surface area contributed by atoms with E-state index in [9.17, 15) is 9.90 Å². The number of carbonyl (C=O) groups excluding carboxylic acids is 1. The summed E-state index contributed by atoms with van der Waals surface area (Å²) < 4.78 is 11.0. The van der Waals surface area contributed by atoms with Gasteiger partial charge in [-0.15, -0.1) is 0 Å². The number of ether oxygens (including phenoxy) is 2. The van der Waals surface area contributed by atoms with Crippen LogP contribution in [0.3, 0.4) is 0 Å². The Balaban J connectivity index is 2.01. The van der Waals surface area contributed by atoms with E-state index in [1.807, 2.05) is 19.9 Å². The average molecular weight is 342 g/mol. The molecule has 132 valence electrons. The second-order valence-electron chi connectivity index (χ2n) is 5.12. The molecule has 2 rings (SSSR count). The maximum Gasteiger partial charge on any atom is 0.273 e. The number of carbonyl (C=O) groups is 1. The van der Waals surface area contributed by atoms with Crippen LogP contribution in [-0.2, 0) is 4.79 Å². The Morgan fingerprint density at radius 2 is 1.80 bits per heavy atom. The summed E-state index contributed by atoms with van der Waals surface area (Å²) in [5.41, 5.74) is 3.58. The van der Waals surface area contributed by atoms with Crippen LogP contribution in [0, 0.1) is 0 Å². The van der Waals surface area contributed by atoms with E-state index >= 15 is 0 Å². The van der Waals surface area contributed by atoms with Crippen LogP contribution in [0.25, 0.3) is 0 Å². The van der Waals surface area contributed by atoms with Crippen LogP contribution in [0.2, 0.25) is 0 Å². The van der Waals surface area contributed by atoms with Gasteiger partial charge in [-0.3, -0.25) is 4.79 Å². The van der Waals surface area contributed by atoms with E-state index in [0.717, 1.165) is 5.56 Å². The largest absolute Gasteiger partial charge is 0.490 e. The first-order valence-electron chi connectivity index (χ1n) is 8.11. The standard InChI is InChI=1S/C19H22N2O4/c1-3-24-16-11-10-14(12-17(16)25-4-2)13-20-21-19(23)18(22)15-8-6-5-7-9-15/h5-13,18,22H,3-4H2,1-2H3,(H,21,23)/b20-13+. The zero-order valence-electron chi connectivity index (χ0n) is 14.3. The lowest BCUT2D eigenvalue weighted by Crippen LogP contribution is -2.25. The first-order chi connectivity index (χ1) is 12.2. The first kappa shape index (κ1) is 18.5. The molecule has 0 radical (unpaired) electrons. The van der Waals surface area contributed by atoms with Crippen molar-refractivity contribution in [3.8, 4) is 11.5 Å². The molecule has 0 aromatic heterocycles. The van der Waals surface area contributed by atoms with Crippen molar-refractivity contribution in [2.45, 2.75) is 20.0 Å². The van der Waals surface area contributed by atoms with Gasteiger partial charge in [0.05, 0.1) is 19.4 Å². The summed E-state index contributed by atoms with van der Waals surface area (Å²) in [5, 5.41) is 13.9. The minimum atomic E-state index is -1.27. The molecule has 0 aliphatic carbocycles. The lowest BCUT2D eigenvalue weighted by atomic mass is 10.1. The predicted molar refractivity (Wildman–Crippen MR) is 95.9 cm³/mol. The second kappa shape index (κ2) is 9.44. The molecule has 0 spiro atoms. The highest BCUT2D eigenvalue weighted by atomic mass is 16.5. The molecule has 2 N–H and O–H groups in total. The average Bonchev–Trinajstić information content (AvgIpc) is 2.64. The third-order valence-electron chi connectivity index (χ3n) is 3.32. The molecule has 6 heteroatoms. The van der Waals surface area contributed by atoms with E-state index < -0.39 is 12.0 Å². The van der Waals surface area contributed by atoms with Gasteiger partial charge < -0.3 is 14.6 Å². The maximum atomic E-state index is 11.9. The van der Waals surface area contributed by atoms with Crippen LogP contribution in [0.1, 0.15) is 31.1 Å². The molecule has 1 amide bonds. The molecule has 0 bridgehead atoms. The van der Waals surface area contributed by atoms with Crippen molar-refractivity contribution in [1.29, 1.82) is 0 Å². The number of aliphatic hydroxyl groups is 1. The zero-order valence-corrected chi connectivity index (χ0v) is 14.3. The molecule has 0 fully saturated rings. The Morgan fingerprint density at radius 1 is 1.12 bits per heavy atom. The molecule has 0 saturated heterocycles. The first-order valence-corrected chi connectivity index (χ1v) is 8.11. The van der Waals surface area contributed by atoms with Gasteiger partial charge in [0.1, 0.15) is 0 Å². The van der Waals surface area contributed by atoms with E-state index in [-0.39, 0.29) is 0 Å². The molecular formula is C19H22N2O4. The van der Waals surface area contributed by atoms with Gasteiger partial charge in [0.15, 0.2) is 17.6 Å². The maximum absolute atomic E-state index is 11.9. The normalized spacial score (nSPS) is 12.0. The topological polar surface area (TPSA) is 80.2 Å². The molecule has 1 unspecified atom stereocenters. The van der Waals surface area contributed by atoms with Crippen LogP contribution in [0.15, 0.2) is 53.6 Å². The van der Waals surface area contributed by atoms with E-state index in [1.165, 1.54) is 6.21 Å². The Hall–Kier alpha value is -2.86. The summed E-state index contributed by atoms with van der Waals surface area (Å²) in [7, 11) is 0. The van der Waals surface area contributed by atoms with Gasteiger partial charge in [0.25, 0.3) is 5.91 Å². The van der Waals surface area contributed by atoms with Gasteiger partial charge in [-0.05, 0) is 43.2 Å². The Kier molecular flexibility index (Phi) is 6.98. The van der Waals surface area contributed by atoms with Gasteiger partial charge in [-0.2, -0.15) is 5.10 Å². The van der Waals surface area contributed by atoms with E-state index in [4.69, 9.17) is 9.47 Å². The summed E-state index contributed by atoms with van der Waals surface area (Å²) in [6.07, 6.45) is 0.214. The van der Waals surface area contributed by atoms with Crippen molar-refractivity contribution in [2.24, 2.45) is 5.10 Å². The smallest absolute Gasteiger partial charge is 0.273 e. The molecule has 2 aromatic rings. The lowest BCUT2D eigenvalue weighted by molar-refractivity contribution is -0.129. The van der Waals surface area contributed by atoms with Crippen LogP contribution in [-0.4, -0.2) is 30.4 Å². The molecule has 6 nitrogen and oxygen atoms in total. The van der Waals surface area contributed by atoms with E-state index in [1.54, 1.807) is 42.5 Å². The third kappa shape index (κ3) is 5.32. The van der Waals surface area contributed by atoms with Crippen molar-refractivity contribution in [3.05, 3.63) is 59.7 Å². The molecule has 0 heterocycles. The highest BCUT2D eigenvalue weighted by molar-refractivity contribution is 5.85. The fourth-order valence-electron chi connectivity index (χ4n) is 2.17. The fourth-order valence-corrected chi connectivity index (χ4v) is 2.17. The monoisotopic (exact) mass is 342 g/mol. The summed E-state index contributed by atoms with van der Waals surface area (Å²) >= 11 is 0. The third-order valence-corrected chi connectivity index (χ3v) is 3.32. The van der Waals surface area contributed by atoms with Crippen LogP contribution in [0.5, 0.6) is 11.5 Å². The number of hydrazone groups is 1. The van der Waals surface area contributed by atoms with Crippen molar-refractivity contribution >= 4 is 12.1 Å². The van der Waals surface area contributed by atoms with Crippen LogP contribution in [0.4, 0.5) is 0 Å². The van der Waals surface area contributed by atoms with Crippen molar-refractivity contribution < 1.29 is 19.4 Å². The number of hydrogen-bond acceptors (Lipinski definition) is 5. The number of benzene rings is 2. The Labute approximate surface area is 147 Å².